The molecule has 132 valence electrons. The number of piperidine rings is 1. The van der Waals surface area contributed by atoms with Crippen molar-refractivity contribution in [2.24, 2.45) is 5.92 Å². The van der Waals surface area contributed by atoms with Crippen LogP contribution in [-0.2, 0) is 10.0 Å². The van der Waals surface area contributed by atoms with Gasteiger partial charge in [-0.05, 0) is 40.9 Å². The van der Waals surface area contributed by atoms with Crippen LogP contribution in [0, 0.1) is 5.92 Å². The van der Waals surface area contributed by atoms with Crippen molar-refractivity contribution in [2.45, 2.75) is 24.3 Å². The van der Waals surface area contributed by atoms with E-state index in [2.05, 4.69) is 32.9 Å². The number of nitrogens with one attached hydrogen (secondary N) is 2. The number of hydrogen-bond donors (Lipinski definition) is 2. The van der Waals surface area contributed by atoms with Gasteiger partial charge in [0.25, 0.3) is 0 Å². The summed E-state index contributed by atoms with van der Waals surface area (Å²) in [5.41, 5.74) is 0. The fourth-order valence-corrected chi connectivity index (χ4v) is 4.63. The molecular formula is C14H22BrClN2O4S. The lowest BCUT2D eigenvalue weighted by molar-refractivity contribution is 0.326. The molecule has 9 heteroatoms. The summed E-state index contributed by atoms with van der Waals surface area (Å²) in [6.45, 7) is 3.59. The van der Waals surface area contributed by atoms with Crippen LogP contribution in [0.15, 0.2) is 21.5 Å². The van der Waals surface area contributed by atoms with E-state index in [0.29, 0.717) is 16.8 Å². The smallest absolute Gasteiger partial charge is 0.244 e. The van der Waals surface area contributed by atoms with E-state index in [-0.39, 0.29) is 35.0 Å². The van der Waals surface area contributed by atoms with Gasteiger partial charge in [0.15, 0.2) is 0 Å². The number of hydrogen-bond acceptors (Lipinski definition) is 5. The van der Waals surface area contributed by atoms with Gasteiger partial charge in [-0.15, -0.1) is 12.4 Å². The quantitative estimate of drug-likeness (QED) is 0.750. The fourth-order valence-electron chi connectivity index (χ4n) is 2.45. The maximum Gasteiger partial charge on any atom is 0.244 e. The lowest BCUT2D eigenvalue weighted by Gasteiger charge is -2.30. The van der Waals surface area contributed by atoms with E-state index in [9.17, 15) is 8.42 Å². The lowest BCUT2D eigenvalue weighted by atomic mass is 9.96. The van der Waals surface area contributed by atoms with Crippen LogP contribution < -0.4 is 19.5 Å². The van der Waals surface area contributed by atoms with Gasteiger partial charge < -0.3 is 14.8 Å². The second kappa shape index (κ2) is 8.53. The summed E-state index contributed by atoms with van der Waals surface area (Å²) in [5, 5.41) is 3.21. The average molecular weight is 430 g/mol. The SMILES string of the molecule is COc1cc(OC)c(S(=O)(=O)NC2CNCCC2C)cc1Br.Cl. The zero-order chi connectivity index (χ0) is 16.3. The molecule has 0 bridgehead atoms. The highest BCUT2D eigenvalue weighted by atomic mass is 79.9. The molecule has 2 atom stereocenters. The minimum absolute atomic E-state index is 0. The van der Waals surface area contributed by atoms with Crippen molar-refractivity contribution in [3.8, 4) is 11.5 Å². The molecule has 1 saturated heterocycles. The zero-order valence-electron chi connectivity index (χ0n) is 13.3. The maximum atomic E-state index is 12.7. The van der Waals surface area contributed by atoms with Crippen LogP contribution in [0.3, 0.4) is 0 Å². The first-order valence-corrected chi connectivity index (χ1v) is 9.31. The first kappa shape index (κ1) is 20.5. The van der Waals surface area contributed by atoms with E-state index >= 15 is 0 Å². The number of ether oxygens (including phenoxy) is 2. The summed E-state index contributed by atoms with van der Waals surface area (Å²) in [5.74, 6) is 1.05. The highest BCUT2D eigenvalue weighted by Crippen LogP contribution is 2.35. The van der Waals surface area contributed by atoms with Crippen LogP contribution in [-0.4, -0.2) is 41.8 Å². The monoisotopic (exact) mass is 428 g/mol. The molecule has 0 aromatic heterocycles. The van der Waals surface area contributed by atoms with Crippen molar-refractivity contribution in [1.82, 2.24) is 10.0 Å². The molecule has 2 N–H and O–H groups in total. The number of methoxy groups -OCH3 is 2. The minimum atomic E-state index is -3.68. The second-order valence-corrected chi connectivity index (χ2v) is 7.87. The number of halogens is 2. The topological polar surface area (TPSA) is 76.7 Å². The van der Waals surface area contributed by atoms with Crippen LogP contribution in [0.5, 0.6) is 11.5 Å². The molecule has 0 amide bonds. The Morgan fingerprint density at radius 2 is 1.91 bits per heavy atom. The number of sulfonamides is 1. The standard InChI is InChI=1S/C14H21BrN2O4S.ClH/c1-9-4-5-16-8-11(9)17-22(18,19)14-6-10(15)12(20-2)7-13(14)21-3;/h6-7,9,11,16-17H,4-5,8H2,1-3H3;1H. The molecule has 2 unspecified atom stereocenters. The molecule has 1 aliphatic heterocycles. The molecule has 2 rings (SSSR count). The van der Waals surface area contributed by atoms with Gasteiger partial charge in [0.2, 0.25) is 10.0 Å². The molecule has 23 heavy (non-hydrogen) atoms. The molecule has 1 aromatic rings. The first-order chi connectivity index (χ1) is 10.4. The normalized spacial score (nSPS) is 21.4. The lowest BCUT2D eigenvalue weighted by Crippen LogP contribution is -2.50. The number of rotatable bonds is 5. The molecule has 6 nitrogen and oxygen atoms in total. The van der Waals surface area contributed by atoms with Crippen LogP contribution in [0.25, 0.3) is 0 Å². The number of benzene rings is 1. The Balaban J connectivity index is 0.00000264. The minimum Gasteiger partial charge on any atom is -0.495 e. The van der Waals surface area contributed by atoms with Gasteiger partial charge in [0.1, 0.15) is 16.4 Å². The average Bonchev–Trinajstić information content (AvgIpc) is 2.49. The zero-order valence-corrected chi connectivity index (χ0v) is 16.5. The largest absolute Gasteiger partial charge is 0.495 e. The van der Waals surface area contributed by atoms with Crippen molar-refractivity contribution in [2.75, 3.05) is 27.3 Å². The van der Waals surface area contributed by atoms with Crippen LogP contribution in [0.2, 0.25) is 0 Å². The van der Waals surface area contributed by atoms with E-state index < -0.39 is 10.0 Å². The Hall–Kier alpha value is -0.540. The molecule has 0 spiro atoms. The molecule has 1 fully saturated rings. The summed E-state index contributed by atoms with van der Waals surface area (Å²) >= 11 is 3.32. The predicted octanol–water partition coefficient (Wildman–Crippen LogP) is 2.16. The first-order valence-electron chi connectivity index (χ1n) is 7.03. The van der Waals surface area contributed by atoms with Gasteiger partial charge in [0, 0.05) is 18.7 Å². The highest BCUT2D eigenvalue weighted by Gasteiger charge is 2.29. The molecule has 0 radical (unpaired) electrons. The van der Waals surface area contributed by atoms with Gasteiger partial charge in [-0.2, -0.15) is 0 Å². The Morgan fingerprint density at radius 1 is 1.26 bits per heavy atom. The highest BCUT2D eigenvalue weighted by molar-refractivity contribution is 9.10. The van der Waals surface area contributed by atoms with Gasteiger partial charge in [-0.1, -0.05) is 6.92 Å². The van der Waals surface area contributed by atoms with E-state index in [1.165, 1.54) is 20.3 Å². The molecular weight excluding hydrogens is 408 g/mol. The van der Waals surface area contributed by atoms with Gasteiger partial charge in [0.05, 0.1) is 18.7 Å². The fraction of sp³-hybridized carbons (Fsp3) is 0.571. The van der Waals surface area contributed by atoms with E-state index in [1.807, 2.05) is 0 Å². The predicted molar refractivity (Wildman–Crippen MR) is 95.3 cm³/mol. The molecule has 1 aliphatic rings. The third kappa shape index (κ3) is 4.73. The van der Waals surface area contributed by atoms with Gasteiger partial charge in [-0.3, -0.25) is 0 Å². The van der Waals surface area contributed by atoms with Gasteiger partial charge >= 0.3 is 0 Å². The Bertz CT molecular complexity index is 642. The van der Waals surface area contributed by atoms with Crippen molar-refractivity contribution in [1.29, 1.82) is 0 Å². The summed E-state index contributed by atoms with van der Waals surface area (Å²) in [6.07, 6.45) is 0.941. The van der Waals surface area contributed by atoms with Crippen LogP contribution in [0.1, 0.15) is 13.3 Å². The molecule has 0 saturated carbocycles. The summed E-state index contributed by atoms with van der Waals surface area (Å²) in [7, 11) is -0.731. The van der Waals surface area contributed by atoms with Gasteiger partial charge in [-0.25, -0.2) is 13.1 Å². The molecule has 1 heterocycles. The third-order valence-corrected chi connectivity index (χ3v) is 5.99. The Labute approximate surface area is 151 Å². The van der Waals surface area contributed by atoms with Crippen molar-refractivity contribution < 1.29 is 17.9 Å². The third-order valence-electron chi connectivity index (χ3n) is 3.86. The van der Waals surface area contributed by atoms with E-state index in [0.717, 1.165) is 13.0 Å². The van der Waals surface area contributed by atoms with Crippen molar-refractivity contribution in [3.05, 3.63) is 16.6 Å². The Kier molecular flexibility index (Phi) is 7.60. The van der Waals surface area contributed by atoms with E-state index in [1.54, 1.807) is 6.07 Å². The Morgan fingerprint density at radius 3 is 2.48 bits per heavy atom. The summed E-state index contributed by atoms with van der Waals surface area (Å²) in [4.78, 5) is 0.0976. The van der Waals surface area contributed by atoms with E-state index in [4.69, 9.17) is 9.47 Å². The van der Waals surface area contributed by atoms with Crippen LogP contribution in [0.4, 0.5) is 0 Å². The van der Waals surface area contributed by atoms with Crippen LogP contribution >= 0.6 is 28.3 Å². The summed E-state index contributed by atoms with van der Waals surface area (Å²) in [6, 6.07) is 2.92. The second-order valence-electron chi connectivity index (χ2n) is 5.34. The van der Waals surface area contributed by atoms with Crippen molar-refractivity contribution >= 4 is 38.4 Å². The van der Waals surface area contributed by atoms with Crippen molar-refractivity contribution in [3.63, 3.8) is 0 Å². The summed E-state index contributed by atoms with van der Waals surface area (Å²) < 4.78 is 39.1. The molecule has 0 aliphatic carbocycles. The molecule has 1 aromatic carbocycles. The maximum absolute atomic E-state index is 12.7.